The second-order valence-electron chi connectivity index (χ2n) is 2.36. The molecule has 0 saturated heterocycles. The fourth-order valence-corrected chi connectivity index (χ4v) is 0.618. The van der Waals surface area contributed by atoms with E-state index in [0.29, 0.717) is 0 Å². The minimum absolute atomic E-state index is 0. The summed E-state index contributed by atoms with van der Waals surface area (Å²) in [5.41, 5.74) is 0. The van der Waals surface area contributed by atoms with Crippen molar-refractivity contribution < 1.29 is 30.3 Å². The zero-order chi connectivity index (χ0) is 9.72. The number of carbonyl (C=O) groups is 1. The molecule has 0 unspecified atom stereocenters. The number of aliphatic hydroxyl groups excluding tert-OH is 5. The molecule has 0 heterocycles. The first-order valence-corrected chi connectivity index (χ1v) is 3.33. The third kappa shape index (κ3) is 4.89. The molecule has 0 bridgehead atoms. The van der Waals surface area contributed by atoms with Crippen molar-refractivity contribution in [1.29, 1.82) is 0 Å². The Balaban J connectivity index is 0. The van der Waals surface area contributed by atoms with E-state index in [1.807, 2.05) is 0 Å². The molecule has 0 spiro atoms. The van der Waals surface area contributed by atoms with Crippen LogP contribution in [0.5, 0.6) is 0 Å². The van der Waals surface area contributed by atoms with Crippen LogP contribution in [0.2, 0.25) is 0 Å². The summed E-state index contributed by atoms with van der Waals surface area (Å²) in [4.78, 5) is 9.90. The molecule has 13 heavy (non-hydrogen) atoms. The SMILES string of the molecule is O=C[C@H](O)[C@@H](O)[C@H](O)[C@H](O)CO.[Sn]. The maximum atomic E-state index is 9.90. The predicted molar refractivity (Wildman–Crippen MR) is 42.9 cm³/mol. The summed E-state index contributed by atoms with van der Waals surface area (Å²) in [6.07, 6.45) is -6.84. The van der Waals surface area contributed by atoms with Crippen molar-refractivity contribution in [1.82, 2.24) is 0 Å². The first-order chi connectivity index (χ1) is 5.54. The van der Waals surface area contributed by atoms with Crippen LogP contribution in [0.15, 0.2) is 0 Å². The molecule has 5 N–H and O–H groups in total. The third-order valence-electron chi connectivity index (χ3n) is 1.42. The van der Waals surface area contributed by atoms with Gasteiger partial charge in [-0.05, 0) is 0 Å². The van der Waals surface area contributed by atoms with Crippen molar-refractivity contribution >= 4 is 30.2 Å². The summed E-state index contributed by atoms with van der Waals surface area (Å²) in [5.74, 6) is 0. The summed E-state index contributed by atoms with van der Waals surface area (Å²) in [5, 5.41) is 43.5. The molecular weight excluding hydrogens is 287 g/mol. The molecular formula is C6H12O6Sn. The minimum Gasteiger partial charge on any atom is -0.394 e. The van der Waals surface area contributed by atoms with E-state index in [1.54, 1.807) is 0 Å². The third-order valence-corrected chi connectivity index (χ3v) is 1.42. The van der Waals surface area contributed by atoms with Crippen LogP contribution in [0.1, 0.15) is 0 Å². The van der Waals surface area contributed by atoms with Crippen molar-refractivity contribution in [3.63, 3.8) is 0 Å². The van der Waals surface area contributed by atoms with Crippen LogP contribution in [0, 0.1) is 0 Å². The molecule has 76 valence electrons. The molecule has 0 aromatic rings. The van der Waals surface area contributed by atoms with Gasteiger partial charge in [-0.3, -0.25) is 0 Å². The smallest absolute Gasteiger partial charge is 0.151 e. The van der Waals surface area contributed by atoms with Gasteiger partial charge in [0.25, 0.3) is 0 Å². The summed E-state index contributed by atoms with van der Waals surface area (Å²) in [7, 11) is 0. The van der Waals surface area contributed by atoms with Crippen LogP contribution in [-0.2, 0) is 4.79 Å². The van der Waals surface area contributed by atoms with Crippen molar-refractivity contribution in [2.75, 3.05) is 6.61 Å². The van der Waals surface area contributed by atoms with Crippen molar-refractivity contribution in [3.05, 3.63) is 0 Å². The zero-order valence-electron chi connectivity index (χ0n) is 6.74. The number of hydrogen-bond acceptors (Lipinski definition) is 6. The number of hydrogen-bond donors (Lipinski definition) is 5. The van der Waals surface area contributed by atoms with Crippen molar-refractivity contribution in [3.8, 4) is 0 Å². The van der Waals surface area contributed by atoms with Crippen LogP contribution >= 0.6 is 0 Å². The molecule has 0 aliphatic heterocycles. The van der Waals surface area contributed by atoms with Gasteiger partial charge in [0, 0.05) is 23.9 Å². The molecule has 7 heteroatoms. The van der Waals surface area contributed by atoms with Crippen molar-refractivity contribution in [2.24, 2.45) is 0 Å². The van der Waals surface area contributed by atoms with E-state index in [1.165, 1.54) is 0 Å². The van der Waals surface area contributed by atoms with Crippen LogP contribution < -0.4 is 0 Å². The molecule has 0 aliphatic rings. The summed E-state index contributed by atoms with van der Waals surface area (Å²) in [6, 6.07) is 0. The Bertz CT molecular complexity index is 143. The van der Waals surface area contributed by atoms with Crippen LogP contribution in [0.3, 0.4) is 0 Å². The fourth-order valence-electron chi connectivity index (χ4n) is 0.618. The topological polar surface area (TPSA) is 118 Å². The number of aliphatic hydroxyl groups is 5. The molecule has 0 aliphatic carbocycles. The first-order valence-electron chi connectivity index (χ1n) is 3.33. The van der Waals surface area contributed by atoms with Gasteiger partial charge in [-0.2, -0.15) is 0 Å². The maximum Gasteiger partial charge on any atom is 0.151 e. The normalized spacial score (nSPS) is 19.5. The Morgan fingerprint density at radius 2 is 1.54 bits per heavy atom. The number of rotatable bonds is 5. The molecule has 6 nitrogen and oxygen atoms in total. The van der Waals surface area contributed by atoms with Gasteiger partial charge >= 0.3 is 0 Å². The van der Waals surface area contributed by atoms with Gasteiger partial charge in [-0.25, -0.2) is 0 Å². The Morgan fingerprint density at radius 1 is 1.08 bits per heavy atom. The molecule has 4 atom stereocenters. The van der Waals surface area contributed by atoms with E-state index in [9.17, 15) is 4.79 Å². The summed E-state index contributed by atoms with van der Waals surface area (Å²) >= 11 is 0. The van der Waals surface area contributed by atoms with Gasteiger partial charge in [0.15, 0.2) is 6.29 Å². The van der Waals surface area contributed by atoms with Crippen LogP contribution in [0.4, 0.5) is 0 Å². The van der Waals surface area contributed by atoms with E-state index in [4.69, 9.17) is 25.5 Å². The molecule has 0 amide bonds. The Labute approximate surface area is 91.8 Å². The summed E-state index contributed by atoms with van der Waals surface area (Å²) in [6.45, 7) is -0.760. The molecule has 0 aromatic heterocycles. The van der Waals surface area contributed by atoms with E-state index >= 15 is 0 Å². The van der Waals surface area contributed by atoms with Gasteiger partial charge in [0.2, 0.25) is 0 Å². The monoisotopic (exact) mass is 300 g/mol. The Hall–Kier alpha value is 0.269. The molecule has 0 fully saturated rings. The van der Waals surface area contributed by atoms with E-state index < -0.39 is 31.0 Å². The van der Waals surface area contributed by atoms with Crippen LogP contribution in [0.25, 0.3) is 0 Å². The second-order valence-corrected chi connectivity index (χ2v) is 2.36. The predicted octanol–water partition coefficient (Wildman–Crippen LogP) is -3.76. The first kappa shape index (κ1) is 15.7. The van der Waals surface area contributed by atoms with E-state index in [-0.39, 0.29) is 30.2 Å². The maximum absolute atomic E-state index is 9.90. The van der Waals surface area contributed by atoms with Gasteiger partial charge in [0.05, 0.1) is 6.61 Å². The Morgan fingerprint density at radius 3 is 1.85 bits per heavy atom. The number of aldehydes is 1. The standard InChI is InChI=1S/C6H12O6.Sn/c7-1-3(9)5(11)6(12)4(10)2-8;/h1,3-6,8-12H,2H2;/t3-,4+,5+,6+;/m0./s1. The van der Waals surface area contributed by atoms with Gasteiger partial charge < -0.3 is 30.3 Å². The molecule has 0 aromatic carbocycles. The van der Waals surface area contributed by atoms with E-state index in [2.05, 4.69) is 0 Å². The Kier molecular flexibility index (Phi) is 9.26. The minimum atomic E-state index is -1.79. The summed E-state index contributed by atoms with van der Waals surface area (Å²) < 4.78 is 0. The van der Waals surface area contributed by atoms with Gasteiger partial charge in [-0.15, -0.1) is 0 Å². The van der Waals surface area contributed by atoms with Crippen molar-refractivity contribution in [2.45, 2.75) is 24.4 Å². The molecule has 0 rings (SSSR count). The second kappa shape index (κ2) is 7.65. The average molecular weight is 299 g/mol. The number of carbonyl (C=O) groups excluding carboxylic acids is 1. The van der Waals surface area contributed by atoms with Gasteiger partial charge in [0.1, 0.15) is 24.4 Å². The zero-order valence-corrected chi connectivity index (χ0v) is 9.59. The average Bonchev–Trinajstić information content (AvgIpc) is 2.12. The fraction of sp³-hybridized carbons (Fsp3) is 0.833. The largest absolute Gasteiger partial charge is 0.394 e. The van der Waals surface area contributed by atoms with E-state index in [0.717, 1.165) is 0 Å². The van der Waals surface area contributed by atoms with Crippen LogP contribution in [-0.4, -0.2) is 86.7 Å². The molecule has 0 saturated carbocycles. The quantitative estimate of drug-likeness (QED) is 0.263. The molecule has 4 radical (unpaired) electrons. The van der Waals surface area contributed by atoms with Gasteiger partial charge in [-0.1, -0.05) is 0 Å².